The van der Waals surface area contributed by atoms with Crippen molar-refractivity contribution in [1.29, 1.82) is 0 Å². The van der Waals surface area contributed by atoms with Crippen molar-refractivity contribution in [3.63, 3.8) is 0 Å². The first-order valence-electron chi connectivity index (χ1n) is 8.64. The van der Waals surface area contributed by atoms with Gasteiger partial charge in [0.15, 0.2) is 5.75 Å². The summed E-state index contributed by atoms with van der Waals surface area (Å²) in [5, 5.41) is 29.2. The molecule has 3 aromatic rings. The molecular weight excluding hydrogens is 518 g/mol. The summed E-state index contributed by atoms with van der Waals surface area (Å²) in [6.07, 6.45) is 0. The number of nitrogens with two attached hydrogens (primary N) is 1. The Bertz CT molecular complexity index is 1250. The van der Waals surface area contributed by atoms with Crippen molar-refractivity contribution >= 4 is 33.1 Å². The van der Waals surface area contributed by atoms with Crippen molar-refractivity contribution in [2.75, 3.05) is 13.2 Å². The number of aromatic hydroxyl groups is 1. The fraction of sp³-hybridized carbons (Fsp3) is 0.167. The molecule has 33 heavy (non-hydrogen) atoms. The second-order valence-corrected chi connectivity index (χ2v) is 7.77. The molecule has 0 aliphatic rings. The normalized spacial score (nSPS) is 10.7. The van der Waals surface area contributed by atoms with E-state index in [-0.39, 0.29) is 53.0 Å². The molecule has 1 aromatic heterocycles. The number of aliphatic hydroxyl groups excluding tert-OH is 1. The predicted octanol–water partition coefficient (Wildman–Crippen LogP) is 1.50. The minimum atomic E-state index is -4.72. The van der Waals surface area contributed by atoms with Crippen molar-refractivity contribution in [3.8, 4) is 11.4 Å². The maximum atomic E-state index is 12.5. The molecule has 0 atom stereocenters. The van der Waals surface area contributed by atoms with Gasteiger partial charge >= 0.3 is 1.43 Å². The monoisotopic (exact) mass is 539 g/mol. The molecule has 0 unspecified atom stereocenters. The van der Waals surface area contributed by atoms with E-state index in [0.717, 1.165) is 16.8 Å². The van der Waals surface area contributed by atoms with Gasteiger partial charge in [-0.15, -0.1) is 5.69 Å². The number of para-hydroxylation sites is 1. The van der Waals surface area contributed by atoms with Gasteiger partial charge in [-0.3, -0.25) is 4.55 Å². The molecule has 15 heteroatoms. The molecule has 0 amide bonds. The number of aromatic nitrogens is 2. The molecule has 180 valence electrons. The first kappa shape index (κ1) is 30.5. The largest absolute Gasteiger partial charge is 1.00 e. The third-order valence-corrected chi connectivity index (χ3v) is 4.76. The zero-order valence-electron chi connectivity index (χ0n) is 18.1. The van der Waals surface area contributed by atoms with Gasteiger partial charge in [0, 0.05) is 28.9 Å². The Balaban J connectivity index is 0. The molecule has 0 saturated heterocycles. The van der Waals surface area contributed by atoms with Gasteiger partial charge in [0.2, 0.25) is 0 Å². The van der Waals surface area contributed by atoms with Crippen LogP contribution in [0.25, 0.3) is 5.69 Å². The summed E-state index contributed by atoms with van der Waals surface area (Å²) in [5.41, 5.74) is 4.63. The van der Waals surface area contributed by atoms with Gasteiger partial charge in [0.1, 0.15) is 16.1 Å². The van der Waals surface area contributed by atoms with Crippen LogP contribution in [0.1, 0.15) is 7.12 Å². The number of hydrogen-bond donors (Lipinski definition) is 4. The number of nitrogens with zero attached hydrogens (tertiary/aromatic N) is 4. The summed E-state index contributed by atoms with van der Waals surface area (Å²) >= 11 is 5.79. The number of aryl methyl sites for hydroxylation is 1. The van der Waals surface area contributed by atoms with Crippen LogP contribution in [0.2, 0.25) is 5.02 Å². The van der Waals surface area contributed by atoms with E-state index in [9.17, 15) is 18.3 Å². The van der Waals surface area contributed by atoms with Crippen LogP contribution in [0.3, 0.4) is 0 Å². The Labute approximate surface area is 206 Å². The molecule has 0 aliphatic carbocycles. The van der Waals surface area contributed by atoms with Crippen molar-refractivity contribution in [3.05, 3.63) is 63.5 Å². The third-order valence-electron chi connectivity index (χ3n) is 3.67. The van der Waals surface area contributed by atoms with Gasteiger partial charge in [-0.1, -0.05) is 42.4 Å². The molecular formula is C18H22ClCrN5O7S. The zero-order chi connectivity index (χ0) is 23.2. The van der Waals surface area contributed by atoms with Crippen LogP contribution >= 0.6 is 11.6 Å². The molecule has 0 bridgehead atoms. The van der Waals surface area contributed by atoms with E-state index in [1.165, 1.54) is 0 Å². The number of phenols is 1. The fourth-order valence-electron chi connectivity index (χ4n) is 2.29. The van der Waals surface area contributed by atoms with Gasteiger partial charge in [-0.25, -0.2) is 9.78 Å². The van der Waals surface area contributed by atoms with E-state index >= 15 is 0 Å². The Hall–Kier alpha value is -2.54. The molecule has 0 saturated carbocycles. The summed E-state index contributed by atoms with van der Waals surface area (Å²) in [7, 11) is -4.72. The second kappa shape index (κ2) is 13.2. The van der Waals surface area contributed by atoms with Crippen LogP contribution in [-0.2, 0) is 27.5 Å². The Morgan fingerprint density at radius 2 is 1.85 bits per heavy atom. The van der Waals surface area contributed by atoms with E-state index in [1.54, 1.807) is 37.3 Å². The molecule has 7 N–H and O–H groups in total. The van der Waals surface area contributed by atoms with E-state index in [4.69, 9.17) is 27.0 Å². The number of azo groups is 1. The Morgan fingerprint density at radius 3 is 2.36 bits per heavy atom. The van der Waals surface area contributed by atoms with Crippen LogP contribution in [0.4, 0.5) is 11.4 Å². The number of aliphatic hydroxyl groups is 1. The molecule has 0 fully saturated rings. The van der Waals surface area contributed by atoms with Gasteiger partial charge < -0.3 is 31.3 Å². The second-order valence-electron chi connectivity index (χ2n) is 5.95. The van der Waals surface area contributed by atoms with Crippen LogP contribution in [-0.4, -0.2) is 51.6 Å². The van der Waals surface area contributed by atoms with Crippen molar-refractivity contribution < 1.29 is 47.4 Å². The molecule has 0 radical (unpaired) electrons. The summed E-state index contributed by atoms with van der Waals surface area (Å²) in [4.78, 5) is 11.7. The fourth-order valence-corrected chi connectivity index (χ4v) is 3.20. The standard InChI is InChI=1S/C16H12ClN4O5S.C2H7NO.Cr.H2O/c1-9-14(16(23)21(20-9)11-5-3-2-4-6-11)19-18-12-7-10(17)8-13(15(12)22)27(24,25)26;3-1-2-4;;/h2-8,22H,1H3,(H,24,25,26);4H,1-3H2;;1H2/q-1;;;/p+1. The summed E-state index contributed by atoms with van der Waals surface area (Å²) in [6, 6.07) is 10.7. The SMILES string of the molecule is Cc1nn(-c2ccccc2)c(=O)[c-]1N=Nc1cc(Cl)cc(S(=O)(=O)O)c1O.NCCO.O.[Cr].[H+]. The van der Waals surface area contributed by atoms with Gasteiger partial charge in [-0.2, -0.15) is 13.5 Å². The predicted molar refractivity (Wildman–Crippen MR) is 118 cm³/mol. The molecule has 12 nitrogen and oxygen atoms in total. The van der Waals surface area contributed by atoms with Crippen LogP contribution < -0.4 is 11.3 Å². The van der Waals surface area contributed by atoms with Crippen molar-refractivity contribution in [2.24, 2.45) is 16.0 Å². The van der Waals surface area contributed by atoms with E-state index in [0.29, 0.717) is 12.2 Å². The smallest absolute Gasteiger partial charge is 0.504 e. The van der Waals surface area contributed by atoms with E-state index < -0.39 is 26.3 Å². The van der Waals surface area contributed by atoms with Crippen molar-refractivity contribution in [2.45, 2.75) is 11.8 Å². The maximum Gasteiger partial charge on any atom is 1.00 e. The number of rotatable bonds is 5. The number of halogens is 1. The Morgan fingerprint density at radius 1 is 1.27 bits per heavy atom. The van der Waals surface area contributed by atoms with Crippen molar-refractivity contribution in [1.82, 2.24) is 9.78 Å². The quantitative estimate of drug-likeness (QED) is 0.211. The van der Waals surface area contributed by atoms with Gasteiger partial charge in [0.25, 0.3) is 10.1 Å². The topological polar surface area (TPSA) is 212 Å². The first-order chi connectivity index (χ1) is 14.6. The minimum Gasteiger partial charge on any atom is -0.504 e. The van der Waals surface area contributed by atoms with Gasteiger partial charge in [0.05, 0.1) is 12.3 Å². The molecule has 0 aliphatic heterocycles. The third kappa shape index (κ3) is 7.77. The summed E-state index contributed by atoms with van der Waals surface area (Å²) in [5.74, 6) is -0.841. The number of hydrogen-bond acceptors (Lipinski definition) is 9. The molecule has 0 spiro atoms. The summed E-state index contributed by atoms with van der Waals surface area (Å²) < 4.78 is 32.9. The zero-order valence-corrected chi connectivity index (χ0v) is 19.9. The number of benzene rings is 2. The van der Waals surface area contributed by atoms with E-state index in [2.05, 4.69) is 15.3 Å². The minimum absolute atomic E-state index is 0. The van der Waals surface area contributed by atoms with Crippen LogP contribution in [0.15, 0.2) is 62.4 Å². The Kier molecular flexibility index (Phi) is 12.2. The summed E-state index contributed by atoms with van der Waals surface area (Å²) in [6.45, 7) is 2.02. The average Bonchev–Trinajstić information content (AvgIpc) is 3.02. The maximum absolute atomic E-state index is 12.5. The van der Waals surface area contributed by atoms with Crippen LogP contribution in [0, 0.1) is 6.92 Å². The van der Waals surface area contributed by atoms with Gasteiger partial charge in [-0.05, 0) is 24.3 Å². The molecule has 2 aromatic carbocycles. The molecule has 1 heterocycles. The number of phenolic OH excluding ortho intramolecular Hbond substituents is 1. The average molecular weight is 540 g/mol. The van der Waals surface area contributed by atoms with Crippen LogP contribution in [0.5, 0.6) is 5.75 Å². The molecule has 3 rings (SSSR count). The van der Waals surface area contributed by atoms with E-state index in [1.807, 2.05) is 0 Å². The first-order valence-corrected chi connectivity index (χ1v) is 10.5.